The van der Waals surface area contributed by atoms with E-state index in [-0.39, 0.29) is 16.6 Å². The SMILES string of the molecule is Cc1ccc(S(=O)(=O)N(CC(=O)N[C@@H](CC(C)C)c2ccccc2)c2ccc(F)cc2)cc1. The lowest BCUT2D eigenvalue weighted by Crippen LogP contribution is -2.42. The van der Waals surface area contributed by atoms with Crippen molar-refractivity contribution in [3.05, 3.63) is 95.8 Å². The van der Waals surface area contributed by atoms with Crippen molar-refractivity contribution in [3.8, 4) is 0 Å². The third-order valence-corrected chi connectivity index (χ3v) is 7.04. The number of benzene rings is 3. The van der Waals surface area contributed by atoms with Gasteiger partial charge in [0.25, 0.3) is 10.0 Å². The van der Waals surface area contributed by atoms with Gasteiger partial charge in [-0.15, -0.1) is 0 Å². The molecule has 3 aromatic rings. The van der Waals surface area contributed by atoms with Crippen LogP contribution in [0.5, 0.6) is 0 Å². The summed E-state index contributed by atoms with van der Waals surface area (Å²) >= 11 is 0. The molecule has 33 heavy (non-hydrogen) atoms. The topological polar surface area (TPSA) is 66.5 Å². The number of hydrogen-bond donors (Lipinski definition) is 1. The number of carbonyl (C=O) groups is 1. The van der Waals surface area contributed by atoms with E-state index in [0.717, 1.165) is 15.4 Å². The van der Waals surface area contributed by atoms with Crippen LogP contribution in [0.25, 0.3) is 0 Å². The number of hydrogen-bond acceptors (Lipinski definition) is 3. The summed E-state index contributed by atoms with van der Waals surface area (Å²) in [6.07, 6.45) is 0.705. The molecule has 0 aliphatic heterocycles. The minimum atomic E-state index is -4.05. The summed E-state index contributed by atoms with van der Waals surface area (Å²) in [6.45, 7) is 5.56. The van der Waals surface area contributed by atoms with Crippen molar-refractivity contribution in [3.63, 3.8) is 0 Å². The Kier molecular flexibility index (Phi) is 7.87. The van der Waals surface area contributed by atoms with Crippen LogP contribution in [0.3, 0.4) is 0 Å². The predicted molar refractivity (Wildman–Crippen MR) is 129 cm³/mol. The molecule has 0 fully saturated rings. The first-order valence-electron chi connectivity index (χ1n) is 10.9. The van der Waals surface area contributed by atoms with Crippen molar-refractivity contribution in [1.82, 2.24) is 5.32 Å². The molecule has 0 saturated carbocycles. The highest BCUT2D eigenvalue weighted by Crippen LogP contribution is 2.25. The van der Waals surface area contributed by atoms with Gasteiger partial charge < -0.3 is 5.32 Å². The van der Waals surface area contributed by atoms with E-state index in [4.69, 9.17) is 0 Å². The Bertz CT molecular complexity index is 1160. The third-order valence-electron chi connectivity index (χ3n) is 5.26. The zero-order chi connectivity index (χ0) is 24.0. The first kappa shape index (κ1) is 24.5. The summed E-state index contributed by atoms with van der Waals surface area (Å²) in [5.74, 6) is -0.610. The lowest BCUT2D eigenvalue weighted by molar-refractivity contribution is -0.120. The number of halogens is 1. The maximum atomic E-state index is 13.5. The van der Waals surface area contributed by atoms with Gasteiger partial charge in [0, 0.05) is 0 Å². The zero-order valence-electron chi connectivity index (χ0n) is 19.0. The number of nitrogens with one attached hydrogen (secondary N) is 1. The second-order valence-corrected chi connectivity index (χ2v) is 10.3. The molecular weight excluding hydrogens is 439 g/mol. The average molecular weight is 469 g/mol. The quantitative estimate of drug-likeness (QED) is 0.467. The molecule has 0 unspecified atom stereocenters. The Hall–Kier alpha value is -3.19. The van der Waals surface area contributed by atoms with Gasteiger partial charge >= 0.3 is 0 Å². The summed E-state index contributed by atoms with van der Waals surface area (Å²) in [4.78, 5) is 13.2. The molecule has 0 bridgehead atoms. The summed E-state index contributed by atoms with van der Waals surface area (Å²) in [6, 6.07) is 20.8. The second-order valence-electron chi connectivity index (χ2n) is 8.46. The van der Waals surface area contributed by atoms with Gasteiger partial charge in [0.2, 0.25) is 5.91 Å². The van der Waals surface area contributed by atoms with Crippen molar-refractivity contribution in [1.29, 1.82) is 0 Å². The van der Waals surface area contributed by atoms with Crippen molar-refractivity contribution in [2.45, 2.75) is 38.1 Å². The largest absolute Gasteiger partial charge is 0.348 e. The molecule has 0 aliphatic rings. The number of amides is 1. The van der Waals surface area contributed by atoms with E-state index >= 15 is 0 Å². The Morgan fingerprint density at radius 1 is 0.939 bits per heavy atom. The summed E-state index contributed by atoms with van der Waals surface area (Å²) in [5, 5.41) is 2.99. The van der Waals surface area contributed by atoms with Crippen molar-refractivity contribution >= 4 is 21.6 Å². The van der Waals surface area contributed by atoms with Crippen LogP contribution in [0.15, 0.2) is 83.8 Å². The van der Waals surface area contributed by atoms with Crippen molar-refractivity contribution < 1.29 is 17.6 Å². The monoisotopic (exact) mass is 468 g/mol. The van der Waals surface area contributed by atoms with Crippen LogP contribution in [0.1, 0.15) is 37.4 Å². The molecule has 0 spiro atoms. The molecule has 1 amide bonds. The highest BCUT2D eigenvalue weighted by atomic mass is 32.2. The standard InChI is InChI=1S/C26H29FN2O3S/c1-19(2)17-25(21-7-5-4-6-8-21)28-26(30)18-29(23-13-11-22(27)12-14-23)33(31,32)24-15-9-20(3)10-16-24/h4-16,19,25H,17-18H2,1-3H3,(H,28,30)/t25-/m0/s1. The normalized spacial score (nSPS) is 12.4. The molecule has 0 aromatic heterocycles. The summed E-state index contributed by atoms with van der Waals surface area (Å²) in [5.41, 5.74) is 2.08. The number of sulfonamides is 1. The molecule has 0 radical (unpaired) electrons. The van der Waals surface area contributed by atoms with Gasteiger partial charge in [0.15, 0.2) is 0 Å². The Morgan fingerprint density at radius 3 is 2.12 bits per heavy atom. The van der Waals surface area contributed by atoms with E-state index in [1.165, 1.54) is 36.4 Å². The Labute approximate surface area is 195 Å². The van der Waals surface area contributed by atoms with Gasteiger partial charge in [-0.25, -0.2) is 12.8 Å². The lowest BCUT2D eigenvalue weighted by Gasteiger charge is -2.26. The molecule has 0 saturated heterocycles. The zero-order valence-corrected chi connectivity index (χ0v) is 19.8. The molecule has 7 heteroatoms. The van der Waals surface area contributed by atoms with Gasteiger partial charge in [0.1, 0.15) is 12.4 Å². The number of nitrogens with zero attached hydrogens (tertiary/aromatic N) is 1. The number of anilines is 1. The fourth-order valence-electron chi connectivity index (χ4n) is 3.57. The van der Waals surface area contributed by atoms with Crippen LogP contribution in [-0.2, 0) is 14.8 Å². The third kappa shape index (κ3) is 6.42. The lowest BCUT2D eigenvalue weighted by atomic mass is 9.97. The molecule has 3 rings (SSSR count). The molecule has 3 aromatic carbocycles. The first-order chi connectivity index (χ1) is 15.7. The van der Waals surface area contributed by atoms with Gasteiger partial charge in [-0.2, -0.15) is 0 Å². The minimum Gasteiger partial charge on any atom is -0.348 e. The summed E-state index contributed by atoms with van der Waals surface area (Å²) < 4.78 is 41.4. The van der Waals surface area contributed by atoms with E-state index in [1.807, 2.05) is 37.3 Å². The van der Waals surface area contributed by atoms with Crippen LogP contribution in [0.2, 0.25) is 0 Å². The molecule has 0 heterocycles. The van der Waals surface area contributed by atoms with Crippen LogP contribution >= 0.6 is 0 Å². The highest BCUT2D eigenvalue weighted by Gasteiger charge is 2.28. The minimum absolute atomic E-state index is 0.0621. The molecule has 1 atom stereocenters. The molecule has 174 valence electrons. The molecule has 0 aliphatic carbocycles. The maximum absolute atomic E-state index is 13.5. The highest BCUT2D eigenvalue weighted by molar-refractivity contribution is 7.92. The van der Waals surface area contributed by atoms with Crippen molar-refractivity contribution in [2.24, 2.45) is 5.92 Å². The van der Waals surface area contributed by atoms with Gasteiger partial charge in [-0.05, 0) is 61.2 Å². The molecular formula is C26H29FN2O3S. The predicted octanol–water partition coefficient (Wildman–Crippen LogP) is 5.23. The first-order valence-corrected chi connectivity index (χ1v) is 12.3. The van der Waals surface area contributed by atoms with Crippen LogP contribution < -0.4 is 9.62 Å². The van der Waals surface area contributed by atoms with Crippen LogP contribution in [0, 0.1) is 18.7 Å². The fourth-order valence-corrected chi connectivity index (χ4v) is 4.99. The van der Waals surface area contributed by atoms with Gasteiger partial charge in [-0.3, -0.25) is 9.10 Å². The van der Waals surface area contributed by atoms with E-state index in [1.54, 1.807) is 12.1 Å². The van der Waals surface area contributed by atoms with Gasteiger partial charge in [0.05, 0.1) is 16.6 Å². The van der Waals surface area contributed by atoms with Crippen LogP contribution in [-0.4, -0.2) is 20.9 Å². The maximum Gasteiger partial charge on any atom is 0.264 e. The number of carbonyl (C=O) groups excluding carboxylic acids is 1. The fraction of sp³-hybridized carbons (Fsp3) is 0.269. The Balaban J connectivity index is 1.91. The Morgan fingerprint density at radius 2 is 1.55 bits per heavy atom. The number of rotatable bonds is 9. The summed E-state index contributed by atoms with van der Waals surface area (Å²) in [7, 11) is -4.05. The van der Waals surface area contributed by atoms with E-state index in [2.05, 4.69) is 19.2 Å². The second kappa shape index (κ2) is 10.6. The van der Waals surface area contributed by atoms with E-state index < -0.39 is 28.3 Å². The van der Waals surface area contributed by atoms with Crippen molar-refractivity contribution in [2.75, 3.05) is 10.8 Å². The average Bonchev–Trinajstić information content (AvgIpc) is 2.78. The van der Waals surface area contributed by atoms with E-state index in [9.17, 15) is 17.6 Å². The molecule has 5 nitrogen and oxygen atoms in total. The van der Waals surface area contributed by atoms with Gasteiger partial charge in [-0.1, -0.05) is 61.9 Å². The number of aryl methyl sites for hydroxylation is 1. The smallest absolute Gasteiger partial charge is 0.264 e. The van der Waals surface area contributed by atoms with Crippen LogP contribution in [0.4, 0.5) is 10.1 Å². The molecule has 1 N–H and O–H groups in total. The van der Waals surface area contributed by atoms with E-state index in [0.29, 0.717) is 12.3 Å².